The molecule has 0 bridgehead atoms. The lowest BCUT2D eigenvalue weighted by Gasteiger charge is -2.16. The Morgan fingerprint density at radius 1 is 1.00 bits per heavy atom. The molecule has 0 unspecified atom stereocenters. The van der Waals surface area contributed by atoms with Crippen molar-refractivity contribution in [3.8, 4) is 0 Å². The van der Waals surface area contributed by atoms with E-state index in [1.165, 1.54) is 42.4 Å². The molecule has 0 saturated heterocycles. The highest BCUT2D eigenvalue weighted by Crippen LogP contribution is 2.28. The summed E-state index contributed by atoms with van der Waals surface area (Å²) in [6.07, 6.45) is 12.7. The van der Waals surface area contributed by atoms with E-state index in [2.05, 4.69) is 69.8 Å². The Bertz CT molecular complexity index is 493. The van der Waals surface area contributed by atoms with E-state index in [0.29, 0.717) is 5.92 Å². The van der Waals surface area contributed by atoms with E-state index < -0.39 is 0 Å². The minimum atomic E-state index is 0.716. The lowest BCUT2D eigenvalue weighted by atomic mass is 9.89. The van der Waals surface area contributed by atoms with Gasteiger partial charge in [-0.3, -0.25) is 0 Å². The van der Waals surface area contributed by atoms with Crippen LogP contribution < -0.4 is 0 Å². The van der Waals surface area contributed by atoms with Crippen LogP contribution in [0, 0.1) is 0 Å². The predicted molar refractivity (Wildman–Crippen MR) is 101 cm³/mol. The van der Waals surface area contributed by atoms with Crippen molar-refractivity contribution in [1.29, 1.82) is 0 Å². The Balaban J connectivity index is 2.97. The summed E-state index contributed by atoms with van der Waals surface area (Å²) in [7, 11) is 0. The summed E-state index contributed by atoms with van der Waals surface area (Å²) in [6.45, 7) is 12.7. The van der Waals surface area contributed by atoms with E-state index in [9.17, 15) is 0 Å². The van der Waals surface area contributed by atoms with E-state index in [1.807, 2.05) is 6.92 Å². The standard InChI is InChI=1S/C22H32/c1-6-9-19(10-7-2)21-14-16-22(17-15-21)20(11-8-3)13-12-18(4)5/h11-17,19H,4,6-10H2,1-3,5H3/b13-12-,20-11+. The molecule has 22 heavy (non-hydrogen) atoms. The van der Waals surface area contributed by atoms with Gasteiger partial charge in [-0.05, 0) is 48.8 Å². The van der Waals surface area contributed by atoms with Crippen molar-refractivity contribution in [1.82, 2.24) is 0 Å². The van der Waals surface area contributed by atoms with Crippen LogP contribution >= 0.6 is 0 Å². The second kappa shape index (κ2) is 10.2. The molecule has 0 fully saturated rings. The van der Waals surface area contributed by atoms with Gasteiger partial charge in [0.25, 0.3) is 0 Å². The number of allylic oxidation sites excluding steroid dienone is 5. The Labute approximate surface area is 137 Å². The molecule has 0 spiro atoms. The molecule has 0 radical (unpaired) electrons. The van der Waals surface area contributed by atoms with Crippen LogP contribution in [0.5, 0.6) is 0 Å². The fourth-order valence-corrected chi connectivity index (χ4v) is 2.86. The maximum Gasteiger partial charge on any atom is -0.0162 e. The highest BCUT2D eigenvalue weighted by molar-refractivity contribution is 5.74. The van der Waals surface area contributed by atoms with Gasteiger partial charge < -0.3 is 0 Å². The maximum absolute atomic E-state index is 3.95. The van der Waals surface area contributed by atoms with Gasteiger partial charge in [0, 0.05) is 0 Å². The molecule has 1 rings (SSSR count). The van der Waals surface area contributed by atoms with Gasteiger partial charge in [-0.2, -0.15) is 0 Å². The lowest BCUT2D eigenvalue weighted by Crippen LogP contribution is -1.98. The van der Waals surface area contributed by atoms with Gasteiger partial charge in [-0.1, -0.05) is 88.3 Å². The molecule has 0 atom stereocenters. The van der Waals surface area contributed by atoms with Crippen LogP contribution in [0.25, 0.3) is 5.57 Å². The zero-order valence-electron chi connectivity index (χ0n) is 14.9. The van der Waals surface area contributed by atoms with Gasteiger partial charge >= 0.3 is 0 Å². The van der Waals surface area contributed by atoms with Crippen molar-refractivity contribution in [2.24, 2.45) is 0 Å². The zero-order valence-corrected chi connectivity index (χ0v) is 14.9. The minimum Gasteiger partial charge on any atom is -0.0961 e. The van der Waals surface area contributed by atoms with E-state index >= 15 is 0 Å². The molecule has 0 nitrogen and oxygen atoms in total. The summed E-state index contributed by atoms with van der Waals surface area (Å²) < 4.78 is 0. The molecular weight excluding hydrogens is 264 g/mol. The second-order valence-corrected chi connectivity index (χ2v) is 6.14. The van der Waals surface area contributed by atoms with Gasteiger partial charge in [-0.25, -0.2) is 0 Å². The molecule has 0 heterocycles. The van der Waals surface area contributed by atoms with Crippen LogP contribution in [-0.2, 0) is 0 Å². The first-order chi connectivity index (χ1) is 10.6. The van der Waals surface area contributed by atoms with Gasteiger partial charge in [0.05, 0.1) is 0 Å². The molecule has 0 heteroatoms. The van der Waals surface area contributed by atoms with Crippen LogP contribution in [0.4, 0.5) is 0 Å². The third-order valence-electron chi connectivity index (χ3n) is 3.96. The smallest absolute Gasteiger partial charge is 0.0162 e. The average Bonchev–Trinajstić information content (AvgIpc) is 2.51. The van der Waals surface area contributed by atoms with Crippen molar-refractivity contribution < 1.29 is 0 Å². The summed E-state index contributed by atoms with van der Waals surface area (Å²) >= 11 is 0. The minimum absolute atomic E-state index is 0.716. The molecule has 0 aliphatic carbocycles. The Hall–Kier alpha value is -1.56. The summed E-state index contributed by atoms with van der Waals surface area (Å²) in [5.74, 6) is 0.716. The third kappa shape index (κ3) is 6.05. The van der Waals surface area contributed by atoms with Crippen LogP contribution in [0.1, 0.15) is 76.8 Å². The Morgan fingerprint density at radius 2 is 1.59 bits per heavy atom. The largest absolute Gasteiger partial charge is 0.0961 e. The summed E-state index contributed by atoms with van der Waals surface area (Å²) in [5.41, 5.74) is 5.17. The van der Waals surface area contributed by atoms with Crippen LogP contribution in [0.2, 0.25) is 0 Å². The van der Waals surface area contributed by atoms with Crippen molar-refractivity contribution >= 4 is 5.57 Å². The van der Waals surface area contributed by atoms with Crippen molar-refractivity contribution in [3.63, 3.8) is 0 Å². The quantitative estimate of drug-likeness (QED) is 0.419. The number of hydrogen-bond acceptors (Lipinski definition) is 0. The first-order valence-corrected chi connectivity index (χ1v) is 8.76. The lowest BCUT2D eigenvalue weighted by molar-refractivity contribution is 0.561. The highest BCUT2D eigenvalue weighted by Gasteiger charge is 2.09. The van der Waals surface area contributed by atoms with Crippen molar-refractivity contribution in [3.05, 3.63) is 65.8 Å². The molecule has 0 amide bonds. The van der Waals surface area contributed by atoms with E-state index in [0.717, 1.165) is 12.0 Å². The maximum atomic E-state index is 3.95. The normalized spacial score (nSPS) is 12.3. The number of hydrogen-bond donors (Lipinski definition) is 0. The summed E-state index contributed by atoms with van der Waals surface area (Å²) in [5, 5.41) is 0. The summed E-state index contributed by atoms with van der Waals surface area (Å²) in [6, 6.07) is 9.20. The average molecular weight is 296 g/mol. The monoisotopic (exact) mass is 296 g/mol. The first kappa shape index (κ1) is 18.5. The van der Waals surface area contributed by atoms with Gasteiger partial charge in [0.15, 0.2) is 0 Å². The molecule has 1 aromatic carbocycles. The molecule has 0 saturated carbocycles. The third-order valence-corrected chi connectivity index (χ3v) is 3.96. The van der Waals surface area contributed by atoms with Crippen molar-refractivity contribution in [2.45, 2.75) is 65.7 Å². The van der Waals surface area contributed by atoms with Crippen LogP contribution in [0.3, 0.4) is 0 Å². The van der Waals surface area contributed by atoms with Gasteiger partial charge in [-0.15, -0.1) is 0 Å². The molecule has 1 aromatic rings. The highest BCUT2D eigenvalue weighted by atomic mass is 14.1. The van der Waals surface area contributed by atoms with E-state index in [-0.39, 0.29) is 0 Å². The topological polar surface area (TPSA) is 0 Å². The molecule has 0 aromatic heterocycles. The van der Waals surface area contributed by atoms with Gasteiger partial charge in [0.2, 0.25) is 0 Å². The first-order valence-electron chi connectivity index (χ1n) is 8.76. The molecule has 120 valence electrons. The number of rotatable bonds is 9. The summed E-state index contributed by atoms with van der Waals surface area (Å²) in [4.78, 5) is 0. The van der Waals surface area contributed by atoms with Crippen molar-refractivity contribution in [2.75, 3.05) is 0 Å². The SMILES string of the molecule is C=C(C)/C=C\C(=C/CC)c1ccc(C(CCC)CCC)cc1. The predicted octanol–water partition coefficient (Wildman–Crippen LogP) is 7.30. The Kier molecular flexibility index (Phi) is 8.58. The fraction of sp³-hybridized carbons (Fsp3) is 0.455. The molecular formula is C22H32. The number of benzene rings is 1. The molecule has 0 N–H and O–H groups in total. The zero-order chi connectivity index (χ0) is 16.4. The van der Waals surface area contributed by atoms with E-state index in [4.69, 9.17) is 0 Å². The second-order valence-electron chi connectivity index (χ2n) is 6.14. The molecule has 0 aliphatic rings. The molecule has 0 aliphatic heterocycles. The van der Waals surface area contributed by atoms with Crippen LogP contribution in [0.15, 0.2) is 54.6 Å². The fourth-order valence-electron chi connectivity index (χ4n) is 2.86. The van der Waals surface area contributed by atoms with E-state index in [1.54, 1.807) is 0 Å². The Morgan fingerprint density at radius 3 is 2.05 bits per heavy atom. The van der Waals surface area contributed by atoms with Gasteiger partial charge in [0.1, 0.15) is 0 Å². The van der Waals surface area contributed by atoms with Crippen LogP contribution in [-0.4, -0.2) is 0 Å².